The molecule has 2 aromatic rings. The standard InChI is InChI=1S/C17H14F5NO3/c18-16(19)26-14-4-2-1-3-13(14)23-15(24)12-7-5-11(6-8-12)9-25-10-17(20,21)22/h1-8,16H,9-10H2,(H,23,24). The molecule has 0 heterocycles. The van der Waals surface area contributed by atoms with Crippen molar-refractivity contribution in [3.05, 3.63) is 59.7 Å². The Morgan fingerprint density at radius 3 is 2.31 bits per heavy atom. The summed E-state index contributed by atoms with van der Waals surface area (Å²) in [5.74, 6) is -0.772. The first-order chi connectivity index (χ1) is 12.2. The van der Waals surface area contributed by atoms with Crippen molar-refractivity contribution in [2.45, 2.75) is 19.4 Å². The molecule has 26 heavy (non-hydrogen) atoms. The zero-order valence-electron chi connectivity index (χ0n) is 13.2. The highest BCUT2D eigenvalue weighted by Crippen LogP contribution is 2.26. The van der Waals surface area contributed by atoms with E-state index in [1.54, 1.807) is 0 Å². The van der Waals surface area contributed by atoms with E-state index < -0.39 is 25.3 Å². The first-order valence-electron chi connectivity index (χ1n) is 7.33. The summed E-state index contributed by atoms with van der Waals surface area (Å²) in [5, 5.41) is 2.44. The van der Waals surface area contributed by atoms with Crippen LogP contribution in [-0.2, 0) is 11.3 Å². The quantitative estimate of drug-likeness (QED) is 0.719. The molecule has 0 aromatic heterocycles. The van der Waals surface area contributed by atoms with Crippen LogP contribution in [0.1, 0.15) is 15.9 Å². The molecule has 0 aliphatic carbocycles. The molecule has 0 saturated carbocycles. The fourth-order valence-electron chi connectivity index (χ4n) is 2.00. The van der Waals surface area contributed by atoms with E-state index in [0.717, 1.165) is 0 Å². The number of ether oxygens (including phenoxy) is 2. The Morgan fingerprint density at radius 2 is 1.69 bits per heavy atom. The van der Waals surface area contributed by atoms with Gasteiger partial charge in [0.15, 0.2) is 0 Å². The molecule has 2 rings (SSSR count). The molecular formula is C17H14F5NO3. The predicted molar refractivity (Wildman–Crippen MR) is 83.2 cm³/mol. The first-order valence-corrected chi connectivity index (χ1v) is 7.33. The van der Waals surface area contributed by atoms with Crippen molar-refractivity contribution in [1.29, 1.82) is 0 Å². The lowest BCUT2D eigenvalue weighted by atomic mass is 10.1. The minimum absolute atomic E-state index is 0.0652. The zero-order chi connectivity index (χ0) is 19.2. The summed E-state index contributed by atoms with van der Waals surface area (Å²) >= 11 is 0. The molecule has 0 radical (unpaired) electrons. The highest BCUT2D eigenvalue weighted by Gasteiger charge is 2.27. The second-order valence-corrected chi connectivity index (χ2v) is 5.13. The summed E-state index contributed by atoms with van der Waals surface area (Å²) in [6.45, 7) is -4.66. The maximum atomic E-state index is 12.4. The van der Waals surface area contributed by atoms with Crippen LogP contribution < -0.4 is 10.1 Å². The van der Waals surface area contributed by atoms with Gasteiger partial charge < -0.3 is 14.8 Å². The number of para-hydroxylation sites is 2. The van der Waals surface area contributed by atoms with Crippen molar-refractivity contribution in [2.24, 2.45) is 0 Å². The topological polar surface area (TPSA) is 47.6 Å². The van der Waals surface area contributed by atoms with Crippen molar-refractivity contribution >= 4 is 11.6 Å². The van der Waals surface area contributed by atoms with Crippen LogP contribution in [-0.4, -0.2) is 25.3 Å². The number of benzene rings is 2. The van der Waals surface area contributed by atoms with E-state index >= 15 is 0 Å². The Labute approximate surface area is 145 Å². The van der Waals surface area contributed by atoms with E-state index in [0.29, 0.717) is 5.56 Å². The zero-order valence-corrected chi connectivity index (χ0v) is 13.2. The van der Waals surface area contributed by atoms with Gasteiger partial charge in [-0.15, -0.1) is 0 Å². The van der Waals surface area contributed by atoms with E-state index in [-0.39, 0.29) is 23.6 Å². The first kappa shape index (κ1) is 19.6. The van der Waals surface area contributed by atoms with Crippen LogP contribution in [0.2, 0.25) is 0 Å². The average molecular weight is 375 g/mol. The van der Waals surface area contributed by atoms with Gasteiger partial charge in [0.2, 0.25) is 0 Å². The van der Waals surface area contributed by atoms with Gasteiger partial charge in [-0.3, -0.25) is 4.79 Å². The van der Waals surface area contributed by atoms with E-state index in [4.69, 9.17) is 0 Å². The minimum atomic E-state index is -4.41. The lowest BCUT2D eigenvalue weighted by Crippen LogP contribution is -2.16. The molecule has 1 amide bonds. The van der Waals surface area contributed by atoms with Gasteiger partial charge in [0.1, 0.15) is 12.4 Å². The summed E-state index contributed by atoms with van der Waals surface area (Å²) < 4.78 is 69.6. The van der Waals surface area contributed by atoms with Crippen LogP contribution in [0, 0.1) is 0 Å². The number of amides is 1. The van der Waals surface area contributed by atoms with Crippen molar-refractivity contribution in [3.63, 3.8) is 0 Å². The second-order valence-electron chi connectivity index (χ2n) is 5.13. The summed E-state index contributed by atoms with van der Waals surface area (Å²) in [5.41, 5.74) is 0.707. The van der Waals surface area contributed by atoms with E-state index in [1.165, 1.54) is 48.5 Å². The molecule has 9 heteroatoms. The number of carbonyl (C=O) groups is 1. The summed E-state index contributed by atoms with van der Waals surface area (Å²) in [4.78, 5) is 12.2. The second kappa shape index (κ2) is 8.61. The minimum Gasteiger partial charge on any atom is -0.433 e. The predicted octanol–water partition coefficient (Wildman–Crippen LogP) is 4.62. The van der Waals surface area contributed by atoms with Crippen LogP contribution in [0.3, 0.4) is 0 Å². The molecular weight excluding hydrogens is 361 g/mol. The maximum absolute atomic E-state index is 12.4. The van der Waals surface area contributed by atoms with Gasteiger partial charge in [0.05, 0.1) is 12.3 Å². The van der Waals surface area contributed by atoms with Gasteiger partial charge >= 0.3 is 12.8 Å². The van der Waals surface area contributed by atoms with Crippen LogP contribution in [0.4, 0.5) is 27.6 Å². The average Bonchev–Trinajstić information content (AvgIpc) is 2.55. The highest BCUT2D eigenvalue weighted by molar-refractivity contribution is 6.05. The molecule has 0 unspecified atom stereocenters. The largest absolute Gasteiger partial charge is 0.433 e. The van der Waals surface area contributed by atoms with Crippen molar-refractivity contribution in [3.8, 4) is 5.75 Å². The van der Waals surface area contributed by atoms with E-state index in [2.05, 4.69) is 14.8 Å². The number of alkyl halides is 5. The summed E-state index contributed by atoms with van der Waals surface area (Å²) in [6.07, 6.45) is -4.41. The third kappa shape index (κ3) is 6.32. The molecule has 0 aliphatic rings. The van der Waals surface area contributed by atoms with Gasteiger partial charge in [-0.25, -0.2) is 0 Å². The Hall–Kier alpha value is -2.68. The fraction of sp³-hybridized carbons (Fsp3) is 0.235. The lowest BCUT2D eigenvalue weighted by molar-refractivity contribution is -0.176. The Bertz CT molecular complexity index is 732. The SMILES string of the molecule is O=C(Nc1ccccc1OC(F)F)c1ccc(COCC(F)(F)F)cc1. The smallest absolute Gasteiger partial charge is 0.411 e. The lowest BCUT2D eigenvalue weighted by Gasteiger charge is -2.12. The number of rotatable bonds is 7. The van der Waals surface area contributed by atoms with Crippen LogP contribution in [0.15, 0.2) is 48.5 Å². The van der Waals surface area contributed by atoms with Gasteiger partial charge in [0, 0.05) is 5.56 Å². The van der Waals surface area contributed by atoms with Gasteiger partial charge in [0.25, 0.3) is 5.91 Å². The number of halogens is 5. The summed E-state index contributed by atoms with van der Waals surface area (Å²) in [7, 11) is 0. The monoisotopic (exact) mass is 375 g/mol. The number of anilines is 1. The Kier molecular flexibility index (Phi) is 6.51. The molecule has 140 valence electrons. The summed E-state index contributed by atoms with van der Waals surface area (Å²) in [6, 6.07) is 11.3. The number of hydrogen-bond donors (Lipinski definition) is 1. The third-order valence-electron chi connectivity index (χ3n) is 3.10. The molecule has 0 aliphatic heterocycles. The molecule has 0 atom stereocenters. The molecule has 0 bridgehead atoms. The molecule has 4 nitrogen and oxygen atoms in total. The third-order valence-corrected chi connectivity index (χ3v) is 3.10. The number of carbonyl (C=O) groups excluding carboxylic acids is 1. The normalized spacial score (nSPS) is 11.5. The van der Waals surface area contributed by atoms with Crippen molar-refractivity contribution in [2.75, 3.05) is 11.9 Å². The van der Waals surface area contributed by atoms with Crippen molar-refractivity contribution in [1.82, 2.24) is 0 Å². The van der Waals surface area contributed by atoms with Crippen LogP contribution >= 0.6 is 0 Å². The van der Waals surface area contributed by atoms with E-state index in [1.807, 2.05) is 0 Å². The fourth-order valence-corrected chi connectivity index (χ4v) is 2.00. The molecule has 0 saturated heterocycles. The highest BCUT2D eigenvalue weighted by atomic mass is 19.4. The molecule has 0 spiro atoms. The van der Waals surface area contributed by atoms with Gasteiger partial charge in [-0.1, -0.05) is 24.3 Å². The molecule has 0 fully saturated rings. The maximum Gasteiger partial charge on any atom is 0.411 e. The Morgan fingerprint density at radius 1 is 1.04 bits per heavy atom. The molecule has 1 N–H and O–H groups in total. The van der Waals surface area contributed by atoms with E-state index in [9.17, 15) is 26.7 Å². The van der Waals surface area contributed by atoms with Gasteiger partial charge in [-0.05, 0) is 29.8 Å². The van der Waals surface area contributed by atoms with Crippen LogP contribution in [0.25, 0.3) is 0 Å². The van der Waals surface area contributed by atoms with Crippen molar-refractivity contribution < 1.29 is 36.2 Å². The Balaban J connectivity index is 1.98. The number of nitrogens with one attached hydrogen (secondary N) is 1. The van der Waals surface area contributed by atoms with Crippen LogP contribution in [0.5, 0.6) is 5.75 Å². The van der Waals surface area contributed by atoms with Gasteiger partial charge in [-0.2, -0.15) is 22.0 Å². The number of hydrogen-bond acceptors (Lipinski definition) is 3. The molecule has 2 aromatic carbocycles.